The first kappa shape index (κ1) is 133. The van der Waals surface area contributed by atoms with Crippen molar-refractivity contribution < 1.29 is 45.2 Å². The predicted octanol–water partition coefficient (Wildman–Crippen LogP) is 21.4. The van der Waals surface area contributed by atoms with E-state index in [-0.39, 0.29) is 7.43 Å². The van der Waals surface area contributed by atoms with Crippen LogP contribution in [0.1, 0.15) is 179 Å². The SMILES string of the molecule is C.C=P(C)(C)OC1CC(CC)N(C)C1.C=P(C)(C)OC1CC(CC)N(C)C1.C=P(C)(C)OC1CCC(CC)N1C.C=P(C)(C)OC1CCN(C)C1CC.C=P(C)(C)OC1CCN(C)C1CC.C=P(C)(C)OC1CN(C)CC1CC.C=P(C)(C)OCC1C(C)CCN1C.C=P(C)(C)OCC1CC(C)CN1C.C=P(C)(C)OCC1CCC(C)N1C.C=P(C)(C)OCC1CN(C)CC1C. The summed E-state index contributed by atoms with van der Waals surface area (Å²) in [6.07, 6.45) is 62.8. The van der Waals surface area contributed by atoms with Gasteiger partial charge in [0.05, 0.1) is 56.9 Å². The fourth-order valence-corrected chi connectivity index (χ4v) is 27.1. The standard InChI is InChI=1S/10C10H22NOP.CH4/c1-9-6-11(2)7-10(9)8-12-13(3,4)5;1-9-6-10(11(2)7-9)8-12-13(3,4)5;1-9-6-7-11(2)10(9)8-12-13(3,4)5;1-9-6-7-10(11(9)2)8-12-13(3,4)5;1-6-9-7-11(2)8-10(9)12-13(3,4)5;2*1-6-9-7-10(8-11(9)2)12-13(3,4)5;2*1-6-9-10(7-8-11(9)2)12-13(3,4)5;1-6-9-7-8-10(11(9)2)12-13(3,4)5;/h10*9-10H,3,6-8H2,1-2,4-5H3;1H4. The molecule has 20 nitrogen and oxygen atoms in total. The maximum Gasteiger partial charge on any atom is 0.114 e. The first-order valence-corrected chi connectivity index (χ1v) is 77.5. The molecule has 10 saturated heterocycles. The van der Waals surface area contributed by atoms with Gasteiger partial charge in [0.1, 0.15) is 6.23 Å². The molecule has 0 saturated carbocycles. The van der Waals surface area contributed by atoms with Gasteiger partial charge in [-0.05, 0) is 421 Å². The summed E-state index contributed by atoms with van der Waals surface area (Å²) in [6.45, 7) is 80.3. The number of hydrogen-bond donors (Lipinski definition) is 0. The quantitative estimate of drug-likeness (QED) is 0.0633. The minimum Gasteiger partial charge on any atom is -0.362 e. The summed E-state index contributed by atoms with van der Waals surface area (Å²) >= 11 is 0. The van der Waals surface area contributed by atoms with Crippen LogP contribution in [0.15, 0.2) is 0 Å². The van der Waals surface area contributed by atoms with Crippen molar-refractivity contribution in [2.75, 3.05) is 296 Å². The van der Waals surface area contributed by atoms with Crippen LogP contribution in [0, 0.1) is 29.6 Å². The molecular weight excluding hydrogens is 1820 g/mol. The van der Waals surface area contributed by atoms with Crippen molar-refractivity contribution in [1.29, 1.82) is 0 Å². The first-order chi connectivity index (χ1) is 59.1. The van der Waals surface area contributed by atoms with Crippen LogP contribution in [0.3, 0.4) is 0 Å². The summed E-state index contributed by atoms with van der Waals surface area (Å²) in [6, 6.07) is 5.96. The lowest BCUT2D eigenvalue weighted by Gasteiger charge is -2.28. The van der Waals surface area contributed by atoms with Crippen molar-refractivity contribution in [2.24, 2.45) is 29.6 Å². The Balaban J connectivity index is 0.00000143. The second-order valence-corrected chi connectivity index (χ2v) is 79.8. The second-order valence-electron chi connectivity index (χ2n) is 46.0. The van der Waals surface area contributed by atoms with Crippen LogP contribution < -0.4 is 0 Å². The monoisotopic (exact) mass is 2050 g/mol. The molecule has 0 aromatic heterocycles. The highest BCUT2D eigenvalue weighted by Gasteiger charge is 2.39. The lowest BCUT2D eigenvalue weighted by Crippen LogP contribution is -2.33. The fraction of sp³-hybridized carbons (Fsp3) is 0.901. The Bertz CT molecular complexity index is 3420. The molecule has 788 valence electrons. The van der Waals surface area contributed by atoms with Crippen molar-refractivity contribution in [3.05, 3.63) is 0 Å². The maximum atomic E-state index is 6.03. The minimum absolute atomic E-state index is 0. The van der Waals surface area contributed by atoms with E-state index in [2.05, 4.69) is 385 Å². The van der Waals surface area contributed by atoms with E-state index < -0.39 is 71.1 Å². The van der Waals surface area contributed by atoms with Gasteiger partial charge in [-0.15, -0.1) is 0 Å². The van der Waals surface area contributed by atoms with Crippen molar-refractivity contribution in [2.45, 2.75) is 271 Å². The lowest BCUT2D eigenvalue weighted by molar-refractivity contribution is 0.0702. The first-order valence-electron chi connectivity index (χ1n) is 49.7. The molecule has 0 aromatic carbocycles. The van der Waals surface area contributed by atoms with Gasteiger partial charge in [-0.3, -0.25) is 9.80 Å². The number of nitrogens with zero attached hydrogens (tertiary/aromatic N) is 10. The number of hydrogen-bond acceptors (Lipinski definition) is 20. The highest BCUT2D eigenvalue weighted by molar-refractivity contribution is 7.70. The summed E-state index contributed by atoms with van der Waals surface area (Å²) in [7, 11) is 8.77. The molecule has 20 atom stereocenters. The molecule has 0 amide bonds. The highest BCUT2D eigenvalue weighted by atomic mass is 31.2. The molecule has 0 bridgehead atoms. The average Bonchev–Trinajstić information content (AvgIpc) is 1.72. The van der Waals surface area contributed by atoms with Gasteiger partial charge in [0, 0.05) is 113 Å². The van der Waals surface area contributed by atoms with E-state index in [1.54, 1.807) is 0 Å². The Morgan fingerprint density at radius 2 is 0.618 bits per heavy atom. The van der Waals surface area contributed by atoms with Gasteiger partial charge in [0.15, 0.2) is 0 Å². The van der Waals surface area contributed by atoms with Gasteiger partial charge >= 0.3 is 0 Å². The molecule has 10 aliphatic rings. The zero-order valence-corrected chi connectivity index (χ0v) is 102. The molecule has 0 N–H and O–H groups in total. The van der Waals surface area contributed by atoms with Crippen LogP contribution in [-0.2, 0) is 45.2 Å². The summed E-state index contributed by atoms with van der Waals surface area (Å²) in [4.78, 5) is 24.0. The molecule has 0 aliphatic carbocycles. The summed E-state index contributed by atoms with van der Waals surface area (Å²) < 4.78 is 59.2. The van der Waals surface area contributed by atoms with Crippen molar-refractivity contribution >= 4 is 134 Å². The van der Waals surface area contributed by atoms with E-state index in [9.17, 15) is 0 Å². The lowest BCUT2D eigenvalue weighted by atomic mass is 10.00. The zero-order chi connectivity index (χ0) is 101. The van der Waals surface area contributed by atoms with Gasteiger partial charge < -0.3 is 84.4 Å². The smallest absolute Gasteiger partial charge is 0.114 e. The van der Waals surface area contributed by atoms with E-state index in [1.165, 1.54) is 149 Å². The van der Waals surface area contributed by atoms with Gasteiger partial charge in [-0.1, -0.05) is 133 Å². The summed E-state index contributed by atoms with van der Waals surface area (Å²) in [5.41, 5.74) is 0. The molecule has 10 rings (SSSR count). The maximum absolute atomic E-state index is 6.03. The Labute approximate surface area is 818 Å². The van der Waals surface area contributed by atoms with Gasteiger partial charge in [-0.25, -0.2) is 0 Å². The van der Waals surface area contributed by atoms with Crippen molar-refractivity contribution in [3.63, 3.8) is 0 Å². The molecule has 0 spiro atoms. The Morgan fingerprint density at radius 1 is 0.267 bits per heavy atom. The minimum atomic E-state index is -1.33. The zero-order valence-electron chi connectivity index (χ0n) is 92.9. The van der Waals surface area contributed by atoms with E-state index in [4.69, 9.17) is 45.2 Å². The van der Waals surface area contributed by atoms with Crippen LogP contribution in [0.5, 0.6) is 0 Å². The van der Waals surface area contributed by atoms with E-state index in [1.807, 2.05) is 0 Å². The van der Waals surface area contributed by atoms with Crippen molar-refractivity contribution in [3.8, 4) is 0 Å². The average molecular weight is 2050 g/mol. The third kappa shape index (κ3) is 60.0. The largest absolute Gasteiger partial charge is 0.362 e. The fourth-order valence-electron chi connectivity index (χ4n) is 19.0. The second kappa shape index (κ2) is 61.6. The Morgan fingerprint density at radius 3 is 0.931 bits per heavy atom. The number of likely N-dealkylation sites (N-methyl/N-ethyl adjacent to an activating group) is 8. The molecule has 30 heteroatoms. The van der Waals surface area contributed by atoms with Crippen LogP contribution in [-0.4, -0.2) is 499 Å². The Hall–Kier alpha value is 2.20. The molecular formula is C101H224N10O10P10. The van der Waals surface area contributed by atoms with E-state index in [0.717, 1.165) is 88.0 Å². The van der Waals surface area contributed by atoms with Crippen LogP contribution in [0.2, 0.25) is 0 Å². The molecule has 20 unspecified atom stereocenters. The van der Waals surface area contributed by atoms with Gasteiger partial charge in [0.25, 0.3) is 0 Å². The highest BCUT2D eigenvalue weighted by Crippen LogP contribution is 2.49. The Kier molecular flexibility index (Phi) is 62.6. The summed E-state index contributed by atoms with van der Waals surface area (Å²) in [5, 5.41) is 0. The molecule has 131 heavy (non-hydrogen) atoms. The predicted molar refractivity (Wildman–Crippen MR) is 627 cm³/mol. The summed E-state index contributed by atoms with van der Waals surface area (Å²) in [5.74, 6) is 3.80. The number of rotatable bonds is 30. The van der Waals surface area contributed by atoms with Gasteiger partial charge in [0.2, 0.25) is 0 Å². The third-order valence-corrected chi connectivity index (χ3v) is 34.6. The van der Waals surface area contributed by atoms with Crippen LogP contribution in [0.4, 0.5) is 0 Å². The number of likely N-dealkylation sites (tertiary alicyclic amines) is 10. The molecule has 0 aromatic rings. The van der Waals surface area contributed by atoms with Gasteiger partial charge in [-0.2, -0.15) is 0 Å². The van der Waals surface area contributed by atoms with Crippen LogP contribution >= 0.6 is 71.1 Å². The molecule has 10 heterocycles. The molecule has 0 radical (unpaired) electrons. The topological polar surface area (TPSA) is 125 Å². The van der Waals surface area contributed by atoms with E-state index in [0.29, 0.717) is 78.8 Å². The third-order valence-electron chi connectivity index (χ3n) is 26.1. The van der Waals surface area contributed by atoms with Crippen molar-refractivity contribution in [1.82, 2.24) is 49.0 Å². The normalized spacial score (nSPS) is 30.8. The molecule has 10 aliphatic heterocycles. The van der Waals surface area contributed by atoms with Crippen LogP contribution in [0.25, 0.3) is 0 Å². The molecule has 10 fully saturated rings. The van der Waals surface area contributed by atoms with E-state index >= 15 is 0 Å².